The number of rotatable bonds is 6. The van der Waals surface area contributed by atoms with Crippen LogP contribution in [0, 0.1) is 5.82 Å². The molecule has 2 aromatic heterocycles. The van der Waals surface area contributed by atoms with Gasteiger partial charge in [0.1, 0.15) is 22.0 Å². The van der Waals surface area contributed by atoms with Crippen LogP contribution in [0.5, 0.6) is 0 Å². The van der Waals surface area contributed by atoms with Gasteiger partial charge in [-0.1, -0.05) is 30.8 Å². The number of benzene rings is 1. The minimum absolute atomic E-state index is 0.0885. The second-order valence-electron chi connectivity index (χ2n) is 5.51. The van der Waals surface area contributed by atoms with Crippen LogP contribution in [0.15, 0.2) is 41.0 Å². The fourth-order valence-electron chi connectivity index (χ4n) is 2.27. The van der Waals surface area contributed by atoms with Gasteiger partial charge < -0.3 is 4.74 Å². The average molecular weight is 376 g/mol. The minimum Gasteiger partial charge on any atom is -0.462 e. The summed E-state index contributed by atoms with van der Waals surface area (Å²) in [6.07, 6.45) is 2.19. The molecule has 2 heterocycles. The first-order valence-electron chi connectivity index (χ1n) is 7.89. The lowest BCUT2D eigenvalue weighted by molar-refractivity contribution is -0.144. The Balaban J connectivity index is 1.87. The maximum atomic E-state index is 13.2. The molecule has 0 aliphatic heterocycles. The van der Waals surface area contributed by atoms with Gasteiger partial charge in [0.2, 0.25) is 0 Å². The summed E-state index contributed by atoms with van der Waals surface area (Å²) in [7, 11) is 0. The molecular weight excluding hydrogens is 359 g/mol. The molecule has 0 amide bonds. The molecule has 0 bridgehead atoms. The molecule has 0 aliphatic rings. The van der Waals surface area contributed by atoms with Gasteiger partial charge in [0.25, 0.3) is 0 Å². The molecule has 3 aromatic rings. The fraction of sp³-hybridized carbons (Fsp3) is 0.278. The monoisotopic (exact) mass is 376 g/mol. The average Bonchev–Trinajstić information content (AvgIpc) is 3.05. The summed E-state index contributed by atoms with van der Waals surface area (Å²) in [6, 6.07) is 6.32. The van der Waals surface area contributed by atoms with Gasteiger partial charge in [0, 0.05) is 10.9 Å². The molecule has 1 unspecified atom stereocenters. The molecule has 4 nitrogen and oxygen atoms in total. The Morgan fingerprint density at radius 3 is 2.80 bits per heavy atom. The molecule has 0 saturated heterocycles. The molecule has 0 radical (unpaired) electrons. The van der Waals surface area contributed by atoms with E-state index in [1.165, 1.54) is 41.6 Å². The van der Waals surface area contributed by atoms with Crippen LogP contribution in [-0.2, 0) is 9.53 Å². The van der Waals surface area contributed by atoms with Crippen molar-refractivity contribution in [1.29, 1.82) is 0 Å². The van der Waals surface area contributed by atoms with Gasteiger partial charge >= 0.3 is 5.97 Å². The molecule has 0 aliphatic carbocycles. The largest absolute Gasteiger partial charge is 0.462 e. The van der Waals surface area contributed by atoms with Crippen LogP contribution in [0.25, 0.3) is 21.3 Å². The lowest BCUT2D eigenvalue weighted by atomic mass is 10.1. The molecule has 25 heavy (non-hydrogen) atoms. The maximum Gasteiger partial charge on any atom is 0.316 e. The van der Waals surface area contributed by atoms with Gasteiger partial charge in [-0.3, -0.25) is 4.79 Å². The van der Waals surface area contributed by atoms with Crippen molar-refractivity contribution in [2.75, 3.05) is 5.75 Å². The third kappa shape index (κ3) is 4.16. The predicted octanol–water partition coefficient (Wildman–Crippen LogP) is 4.93. The molecule has 0 spiro atoms. The summed E-state index contributed by atoms with van der Waals surface area (Å²) in [5, 5.41) is 3.60. The topological polar surface area (TPSA) is 52.1 Å². The van der Waals surface area contributed by atoms with Crippen LogP contribution >= 0.6 is 23.1 Å². The van der Waals surface area contributed by atoms with E-state index in [4.69, 9.17) is 4.74 Å². The third-order valence-electron chi connectivity index (χ3n) is 3.72. The standard InChI is InChI=1S/C18H17FN2O2S2/c1-3-11(2)23-15(22)9-25-18-16-14(8-24-17(16)20-10-21-18)12-4-6-13(19)7-5-12/h4-8,10-11H,3,9H2,1-2H3. The fourth-order valence-corrected chi connectivity index (χ4v) is 4.04. The number of thiophene rings is 1. The van der Waals surface area contributed by atoms with E-state index in [9.17, 15) is 9.18 Å². The van der Waals surface area contributed by atoms with E-state index in [1.54, 1.807) is 12.1 Å². The second kappa shape index (κ2) is 7.93. The van der Waals surface area contributed by atoms with E-state index in [-0.39, 0.29) is 23.6 Å². The van der Waals surface area contributed by atoms with Crippen molar-refractivity contribution in [1.82, 2.24) is 9.97 Å². The van der Waals surface area contributed by atoms with Crippen LogP contribution in [-0.4, -0.2) is 27.8 Å². The van der Waals surface area contributed by atoms with Crippen molar-refractivity contribution in [3.05, 3.63) is 41.8 Å². The number of fused-ring (bicyclic) bond motifs is 1. The number of nitrogens with zero attached hydrogens (tertiary/aromatic N) is 2. The molecule has 7 heteroatoms. The van der Waals surface area contributed by atoms with Gasteiger partial charge in [-0.15, -0.1) is 11.3 Å². The van der Waals surface area contributed by atoms with Crippen molar-refractivity contribution in [2.45, 2.75) is 31.4 Å². The molecule has 130 valence electrons. The van der Waals surface area contributed by atoms with E-state index < -0.39 is 0 Å². The smallest absolute Gasteiger partial charge is 0.316 e. The Morgan fingerprint density at radius 1 is 1.32 bits per heavy atom. The van der Waals surface area contributed by atoms with Crippen LogP contribution in [0.4, 0.5) is 4.39 Å². The Morgan fingerprint density at radius 2 is 2.08 bits per heavy atom. The van der Waals surface area contributed by atoms with Crippen molar-refractivity contribution in [2.24, 2.45) is 0 Å². The number of carbonyl (C=O) groups is 1. The number of aromatic nitrogens is 2. The van der Waals surface area contributed by atoms with Crippen LogP contribution in [0.3, 0.4) is 0 Å². The first kappa shape index (κ1) is 17.8. The zero-order valence-electron chi connectivity index (χ0n) is 13.9. The molecule has 3 rings (SSSR count). The number of hydrogen-bond donors (Lipinski definition) is 0. The quantitative estimate of drug-likeness (QED) is 0.347. The number of thioether (sulfide) groups is 1. The predicted molar refractivity (Wildman–Crippen MR) is 99.4 cm³/mol. The maximum absolute atomic E-state index is 13.2. The van der Waals surface area contributed by atoms with Crippen LogP contribution in [0.1, 0.15) is 20.3 Å². The summed E-state index contributed by atoms with van der Waals surface area (Å²) in [6.45, 7) is 3.84. The Bertz CT molecular complexity index is 880. The number of esters is 1. The van der Waals surface area contributed by atoms with Crippen LogP contribution < -0.4 is 0 Å². The van der Waals surface area contributed by atoms with E-state index in [0.717, 1.165) is 32.8 Å². The normalized spacial score (nSPS) is 12.3. The molecule has 0 N–H and O–H groups in total. The Hall–Kier alpha value is -1.99. The second-order valence-corrected chi connectivity index (χ2v) is 7.33. The number of ether oxygens (including phenoxy) is 1. The molecule has 0 fully saturated rings. The SMILES string of the molecule is CCC(C)OC(=O)CSc1ncnc2scc(-c3ccc(F)cc3)c12. The van der Waals surface area contributed by atoms with E-state index in [1.807, 2.05) is 19.2 Å². The number of halogens is 1. The first-order chi connectivity index (χ1) is 12.1. The van der Waals surface area contributed by atoms with Crippen molar-refractivity contribution in [3.63, 3.8) is 0 Å². The summed E-state index contributed by atoms with van der Waals surface area (Å²) in [5.74, 6) is -0.346. The van der Waals surface area contributed by atoms with Gasteiger partial charge in [-0.25, -0.2) is 14.4 Å². The highest BCUT2D eigenvalue weighted by Crippen LogP contribution is 2.37. The van der Waals surface area contributed by atoms with Crippen LogP contribution in [0.2, 0.25) is 0 Å². The Kier molecular flexibility index (Phi) is 5.65. The van der Waals surface area contributed by atoms with E-state index in [2.05, 4.69) is 9.97 Å². The highest BCUT2D eigenvalue weighted by atomic mass is 32.2. The first-order valence-corrected chi connectivity index (χ1v) is 9.75. The van der Waals surface area contributed by atoms with Crippen molar-refractivity contribution >= 4 is 39.3 Å². The number of carbonyl (C=O) groups excluding carboxylic acids is 1. The van der Waals surface area contributed by atoms with E-state index in [0.29, 0.717) is 0 Å². The zero-order chi connectivity index (χ0) is 17.8. The summed E-state index contributed by atoms with van der Waals surface area (Å²) in [4.78, 5) is 21.4. The zero-order valence-corrected chi connectivity index (χ0v) is 15.5. The minimum atomic E-state index is -0.276. The molecule has 1 aromatic carbocycles. The molecule has 0 saturated carbocycles. The lowest BCUT2D eigenvalue weighted by Crippen LogP contribution is -2.15. The summed E-state index contributed by atoms with van der Waals surface area (Å²) in [5.41, 5.74) is 1.84. The third-order valence-corrected chi connectivity index (χ3v) is 5.57. The highest BCUT2D eigenvalue weighted by Gasteiger charge is 2.16. The van der Waals surface area contributed by atoms with Crippen molar-refractivity contribution < 1.29 is 13.9 Å². The number of hydrogen-bond acceptors (Lipinski definition) is 6. The van der Waals surface area contributed by atoms with Gasteiger partial charge in [-0.05, 0) is 31.0 Å². The highest BCUT2D eigenvalue weighted by molar-refractivity contribution is 8.00. The van der Waals surface area contributed by atoms with Gasteiger partial charge in [0.05, 0.1) is 17.2 Å². The van der Waals surface area contributed by atoms with Gasteiger partial charge in [-0.2, -0.15) is 0 Å². The lowest BCUT2D eigenvalue weighted by Gasteiger charge is -2.10. The molecular formula is C18H17FN2O2S2. The van der Waals surface area contributed by atoms with Crippen molar-refractivity contribution in [3.8, 4) is 11.1 Å². The van der Waals surface area contributed by atoms with E-state index >= 15 is 0 Å². The summed E-state index contributed by atoms with van der Waals surface area (Å²) < 4.78 is 18.5. The van der Waals surface area contributed by atoms with Gasteiger partial charge in [0.15, 0.2) is 0 Å². The summed E-state index contributed by atoms with van der Waals surface area (Å²) >= 11 is 2.84. The molecule has 1 atom stereocenters. The Labute approximate surface area is 153 Å².